The SMILES string of the molecule is Cc1ccc(Nc2nc(C)cc(Nc3cccc(C#N)c3)n2)cc1. The summed E-state index contributed by atoms with van der Waals surface area (Å²) in [6, 6.07) is 19.3. The highest BCUT2D eigenvalue weighted by Gasteiger charge is 2.04. The van der Waals surface area contributed by atoms with Crippen LogP contribution in [0.5, 0.6) is 0 Å². The van der Waals surface area contributed by atoms with Crippen molar-refractivity contribution in [1.29, 1.82) is 5.26 Å². The number of hydrogen-bond acceptors (Lipinski definition) is 5. The number of hydrogen-bond donors (Lipinski definition) is 2. The fourth-order valence-electron chi connectivity index (χ4n) is 2.27. The zero-order valence-electron chi connectivity index (χ0n) is 13.5. The van der Waals surface area contributed by atoms with Crippen molar-refractivity contribution < 1.29 is 0 Å². The van der Waals surface area contributed by atoms with Gasteiger partial charge in [0.25, 0.3) is 0 Å². The van der Waals surface area contributed by atoms with Crippen LogP contribution in [0, 0.1) is 25.2 Å². The van der Waals surface area contributed by atoms with Crippen LogP contribution in [0.15, 0.2) is 54.6 Å². The Morgan fingerprint density at radius 3 is 2.42 bits per heavy atom. The van der Waals surface area contributed by atoms with Crippen molar-refractivity contribution in [3.05, 3.63) is 71.4 Å². The Balaban J connectivity index is 1.83. The quantitative estimate of drug-likeness (QED) is 0.744. The Bertz CT molecular complexity index is 894. The van der Waals surface area contributed by atoms with Crippen molar-refractivity contribution in [3.63, 3.8) is 0 Å². The molecule has 0 aliphatic rings. The Kier molecular flexibility index (Phi) is 4.39. The average molecular weight is 315 g/mol. The molecule has 0 unspecified atom stereocenters. The van der Waals surface area contributed by atoms with Crippen LogP contribution in [0.4, 0.5) is 23.1 Å². The highest BCUT2D eigenvalue weighted by atomic mass is 15.1. The van der Waals surface area contributed by atoms with Crippen LogP contribution in [-0.4, -0.2) is 9.97 Å². The van der Waals surface area contributed by atoms with Crippen LogP contribution in [0.1, 0.15) is 16.8 Å². The minimum absolute atomic E-state index is 0.526. The molecule has 24 heavy (non-hydrogen) atoms. The van der Waals surface area contributed by atoms with E-state index in [1.807, 2.05) is 56.3 Å². The van der Waals surface area contributed by atoms with Crippen LogP contribution in [0.3, 0.4) is 0 Å². The number of aryl methyl sites for hydroxylation is 2. The molecule has 3 rings (SSSR count). The van der Waals surface area contributed by atoms with Crippen LogP contribution < -0.4 is 10.6 Å². The Morgan fingerprint density at radius 1 is 0.875 bits per heavy atom. The number of aromatic nitrogens is 2. The molecule has 0 aliphatic carbocycles. The zero-order chi connectivity index (χ0) is 16.9. The van der Waals surface area contributed by atoms with E-state index in [9.17, 15) is 0 Å². The van der Waals surface area contributed by atoms with E-state index in [0.717, 1.165) is 17.1 Å². The predicted octanol–water partition coefficient (Wildman–Crippen LogP) is 4.45. The highest BCUT2D eigenvalue weighted by molar-refractivity contribution is 5.61. The molecule has 2 N–H and O–H groups in total. The summed E-state index contributed by atoms with van der Waals surface area (Å²) in [4.78, 5) is 8.90. The molecular formula is C19H17N5. The summed E-state index contributed by atoms with van der Waals surface area (Å²) in [5, 5.41) is 15.4. The van der Waals surface area contributed by atoms with Gasteiger partial charge < -0.3 is 10.6 Å². The predicted molar refractivity (Wildman–Crippen MR) is 95.7 cm³/mol. The monoisotopic (exact) mass is 315 g/mol. The van der Waals surface area contributed by atoms with Crippen molar-refractivity contribution in [3.8, 4) is 6.07 Å². The van der Waals surface area contributed by atoms with E-state index in [4.69, 9.17) is 5.26 Å². The van der Waals surface area contributed by atoms with Crippen LogP contribution in [0.25, 0.3) is 0 Å². The van der Waals surface area contributed by atoms with E-state index in [0.29, 0.717) is 17.3 Å². The molecular weight excluding hydrogens is 298 g/mol. The van der Waals surface area contributed by atoms with E-state index < -0.39 is 0 Å². The first-order chi connectivity index (χ1) is 11.6. The maximum atomic E-state index is 8.99. The lowest BCUT2D eigenvalue weighted by Gasteiger charge is -2.10. The van der Waals surface area contributed by atoms with Crippen molar-refractivity contribution in [2.45, 2.75) is 13.8 Å². The zero-order valence-corrected chi connectivity index (χ0v) is 13.5. The second kappa shape index (κ2) is 6.80. The summed E-state index contributed by atoms with van der Waals surface area (Å²) < 4.78 is 0. The summed E-state index contributed by atoms with van der Waals surface area (Å²) in [5.74, 6) is 1.20. The summed E-state index contributed by atoms with van der Waals surface area (Å²) in [6.45, 7) is 3.96. The van der Waals surface area contributed by atoms with Crippen molar-refractivity contribution in [1.82, 2.24) is 9.97 Å². The molecule has 3 aromatic rings. The van der Waals surface area contributed by atoms with Crippen LogP contribution >= 0.6 is 0 Å². The first-order valence-electron chi connectivity index (χ1n) is 7.59. The molecule has 5 heteroatoms. The van der Waals surface area contributed by atoms with Gasteiger partial charge in [0.15, 0.2) is 0 Å². The number of nitrogens with zero attached hydrogens (tertiary/aromatic N) is 3. The molecule has 0 bridgehead atoms. The molecule has 0 spiro atoms. The van der Waals surface area contributed by atoms with Gasteiger partial charge in [-0.3, -0.25) is 0 Å². The van der Waals surface area contributed by atoms with Gasteiger partial charge in [-0.15, -0.1) is 0 Å². The lowest BCUT2D eigenvalue weighted by molar-refractivity contribution is 1.11. The third-order valence-corrected chi connectivity index (χ3v) is 3.43. The molecule has 5 nitrogen and oxygen atoms in total. The van der Waals surface area contributed by atoms with E-state index >= 15 is 0 Å². The second-order valence-corrected chi connectivity index (χ2v) is 5.53. The van der Waals surface area contributed by atoms with E-state index in [-0.39, 0.29) is 0 Å². The van der Waals surface area contributed by atoms with E-state index in [1.165, 1.54) is 5.56 Å². The van der Waals surface area contributed by atoms with Gasteiger partial charge in [0, 0.05) is 23.1 Å². The molecule has 1 aromatic heterocycles. The van der Waals surface area contributed by atoms with Gasteiger partial charge in [0.2, 0.25) is 5.95 Å². The molecule has 2 aromatic carbocycles. The smallest absolute Gasteiger partial charge is 0.229 e. The normalized spacial score (nSPS) is 10.0. The molecule has 0 saturated carbocycles. The van der Waals surface area contributed by atoms with Gasteiger partial charge >= 0.3 is 0 Å². The topological polar surface area (TPSA) is 73.6 Å². The number of rotatable bonds is 4. The van der Waals surface area contributed by atoms with E-state index in [2.05, 4.69) is 26.7 Å². The fraction of sp³-hybridized carbons (Fsp3) is 0.105. The van der Waals surface area contributed by atoms with Gasteiger partial charge in [-0.25, -0.2) is 4.98 Å². The third kappa shape index (κ3) is 3.87. The van der Waals surface area contributed by atoms with Crippen LogP contribution in [0.2, 0.25) is 0 Å². The molecule has 0 aliphatic heterocycles. The summed E-state index contributed by atoms with van der Waals surface area (Å²) in [7, 11) is 0. The second-order valence-electron chi connectivity index (χ2n) is 5.53. The first kappa shape index (κ1) is 15.5. The van der Waals surface area contributed by atoms with Gasteiger partial charge in [-0.2, -0.15) is 10.2 Å². The van der Waals surface area contributed by atoms with Gasteiger partial charge in [-0.05, 0) is 44.2 Å². The lowest BCUT2D eigenvalue weighted by Crippen LogP contribution is -2.02. The maximum Gasteiger partial charge on any atom is 0.229 e. The molecule has 118 valence electrons. The molecule has 1 heterocycles. The summed E-state index contributed by atoms with van der Waals surface area (Å²) >= 11 is 0. The minimum Gasteiger partial charge on any atom is -0.340 e. The molecule has 0 atom stereocenters. The van der Waals surface area contributed by atoms with Crippen LogP contribution in [-0.2, 0) is 0 Å². The first-order valence-corrected chi connectivity index (χ1v) is 7.59. The number of nitriles is 1. The Hall–Kier alpha value is -3.39. The maximum absolute atomic E-state index is 8.99. The Labute approximate surface area is 141 Å². The Morgan fingerprint density at radius 2 is 1.67 bits per heavy atom. The summed E-state index contributed by atoms with van der Waals surface area (Å²) in [6.07, 6.45) is 0. The average Bonchev–Trinajstić information content (AvgIpc) is 2.56. The molecule has 0 fully saturated rings. The van der Waals surface area contributed by atoms with Gasteiger partial charge in [0.1, 0.15) is 5.82 Å². The third-order valence-electron chi connectivity index (χ3n) is 3.43. The number of nitrogens with one attached hydrogen (secondary N) is 2. The molecule has 0 radical (unpaired) electrons. The van der Waals surface area contributed by atoms with Crippen molar-refractivity contribution in [2.24, 2.45) is 0 Å². The summed E-state index contributed by atoms with van der Waals surface area (Å²) in [5.41, 5.74) is 4.39. The molecule has 0 amide bonds. The van der Waals surface area contributed by atoms with E-state index in [1.54, 1.807) is 12.1 Å². The number of anilines is 4. The van der Waals surface area contributed by atoms with Gasteiger partial charge in [-0.1, -0.05) is 23.8 Å². The lowest BCUT2D eigenvalue weighted by atomic mass is 10.2. The largest absolute Gasteiger partial charge is 0.340 e. The standard InChI is InChI=1S/C19H17N5/c1-13-6-8-16(9-7-13)23-19-21-14(2)10-18(24-19)22-17-5-3-4-15(11-17)12-20/h3-11H,1-2H3,(H2,21,22,23,24). The highest BCUT2D eigenvalue weighted by Crippen LogP contribution is 2.20. The molecule has 0 saturated heterocycles. The minimum atomic E-state index is 0.526. The van der Waals surface area contributed by atoms with Gasteiger partial charge in [0.05, 0.1) is 11.6 Å². The number of benzene rings is 2. The van der Waals surface area contributed by atoms with Crippen molar-refractivity contribution in [2.75, 3.05) is 10.6 Å². The fourth-order valence-corrected chi connectivity index (χ4v) is 2.27. The van der Waals surface area contributed by atoms with Crippen molar-refractivity contribution >= 4 is 23.1 Å².